The monoisotopic (exact) mass is 281 g/mol. The predicted octanol–water partition coefficient (Wildman–Crippen LogP) is 3.61. The number of hydrogen-bond donors (Lipinski definition) is 1. The molecule has 2 heterocycles. The minimum absolute atomic E-state index is 0.565. The molecule has 1 aromatic heterocycles. The summed E-state index contributed by atoms with van der Waals surface area (Å²) in [5, 5.41) is 4.52. The summed E-state index contributed by atoms with van der Waals surface area (Å²) in [4.78, 5) is 8.87. The first-order valence-electron chi connectivity index (χ1n) is 7.54. The van der Waals surface area contributed by atoms with E-state index < -0.39 is 0 Å². The number of rotatable bonds is 5. The van der Waals surface area contributed by atoms with E-state index in [1.54, 1.807) is 0 Å². The van der Waals surface area contributed by atoms with E-state index in [2.05, 4.69) is 31.0 Å². The van der Waals surface area contributed by atoms with Gasteiger partial charge in [-0.15, -0.1) is 11.3 Å². The van der Waals surface area contributed by atoms with Crippen molar-refractivity contribution >= 4 is 16.5 Å². The molecule has 1 saturated heterocycles. The summed E-state index contributed by atoms with van der Waals surface area (Å²) < 4.78 is 0. The summed E-state index contributed by atoms with van der Waals surface area (Å²) in [7, 11) is 2.02. The summed E-state index contributed by atoms with van der Waals surface area (Å²) >= 11 is 1.89. The quantitative estimate of drug-likeness (QED) is 0.893. The summed E-state index contributed by atoms with van der Waals surface area (Å²) in [5.41, 5.74) is 1.31. The van der Waals surface area contributed by atoms with Crippen molar-refractivity contribution in [1.82, 2.24) is 10.3 Å². The first-order valence-corrected chi connectivity index (χ1v) is 8.36. The van der Waals surface area contributed by atoms with Gasteiger partial charge in [-0.2, -0.15) is 0 Å². The lowest BCUT2D eigenvalue weighted by Crippen LogP contribution is -2.34. The van der Waals surface area contributed by atoms with Crippen LogP contribution in [0.4, 0.5) is 5.13 Å². The van der Waals surface area contributed by atoms with Gasteiger partial charge in [-0.25, -0.2) is 4.98 Å². The van der Waals surface area contributed by atoms with Gasteiger partial charge in [-0.05, 0) is 38.1 Å². The van der Waals surface area contributed by atoms with E-state index in [1.807, 2.05) is 18.4 Å². The van der Waals surface area contributed by atoms with Crippen molar-refractivity contribution in [3.63, 3.8) is 0 Å². The van der Waals surface area contributed by atoms with Gasteiger partial charge in [0.1, 0.15) is 0 Å². The normalized spacial score (nSPS) is 21.7. The van der Waals surface area contributed by atoms with Gasteiger partial charge in [0.05, 0.1) is 5.69 Å². The Balaban J connectivity index is 2.21. The van der Waals surface area contributed by atoms with Crippen molar-refractivity contribution in [2.75, 3.05) is 25.0 Å². The average Bonchev–Trinajstić information content (AvgIpc) is 2.82. The van der Waals surface area contributed by atoms with Gasteiger partial charge in [0.2, 0.25) is 0 Å². The lowest BCUT2D eigenvalue weighted by molar-refractivity contribution is 0.446. The van der Waals surface area contributed by atoms with E-state index >= 15 is 0 Å². The van der Waals surface area contributed by atoms with Crippen LogP contribution < -0.4 is 10.2 Å². The zero-order valence-electron chi connectivity index (χ0n) is 12.7. The number of anilines is 1. The van der Waals surface area contributed by atoms with E-state index in [1.165, 1.54) is 41.6 Å². The molecule has 1 fully saturated rings. The van der Waals surface area contributed by atoms with Crippen LogP contribution in [0.25, 0.3) is 0 Å². The number of piperidine rings is 1. The number of nitrogens with one attached hydrogen (secondary N) is 1. The summed E-state index contributed by atoms with van der Waals surface area (Å²) in [6, 6.07) is 0. The van der Waals surface area contributed by atoms with Gasteiger partial charge < -0.3 is 10.2 Å². The molecule has 1 aliphatic rings. The van der Waals surface area contributed by atoms with E-state index in [4.69, 9.17) is 4.98 Å². The average molecular weight is 281 g/mol. The van der Waals surface area contributed by atoms with Crippen LogP contribution in [0.3, 0.4) is 0 Å². The van der Waals surface area contributed by atoms with Gasteiger partial charge in [-0.3, -0.25) is 0 Å². The number of aromatic nitrogens is 1. The van der Waals surface area contributed by atoms with Crippen molar-refractivity contribution in [2.45, 2.75) is 52.5 Å². The summed E-state index contributed by atoms with van der Waals surface area (Å²) in [5.74, 6) is 1.37. The molecule has 0 aromatic carbocycles. The third-order valence-electron chi connectivity index (χ3n) is 4.06. The highest BCUT2D eigenvalue weighted by Gasteiger charge is 2.22. The smallest absolute Gasteiger partial charge is 0.185 e. The molecular formula is C15H27N3S. The van der Waals surface area contributed by atoms with Crippen LogP contribution in [0.5, 0.6) is 0 Å². The van der Waals surface area contributed by atoms with Gasteiger partial charge in [0.15, 0.2) is 5.13 Å². The first kappa shape index (κ1) is 14.8. The maximum absolute atomic E-state index is 4.96. The molecule has 0 saturated carbocycles. The fraction of sp³-hybridized carbons (Fsp3) is 0.800. The largest absolute Gasteiger partial charge is 0.348 e. The van der Waals surface area contributed by atoms with Crippen LogP contribution in [0.1, 0.15) is 56.5 Å². The van der Waals surface area contributed by atoms with Crippen LogP contribution in [-0.2, 0) is 6.54 Å². The lowest BCUT2D eigenvalue weighted by Gasteiger charge is -2.30. The number of hydrogen-bond acceptors (Lipinski definition) is 4. The molecule has 4 heteroatoms. The second-order valence-corrected chi connectivity index (χ2v) is 6.90. The third-order valence-corrected chi connectivity index (χ3v) is 5.19. The molecule has 2 rings (SSSR count). The summed E-state index contributed by atoms with van der Waals surface area (Å²) in [6.45, 7) is 10.2. The van der Waals surface area contributed by atoms with Crippen molar-refractivity contribution in [2.24, 2.45) is 5.92 Å². The highest BCUT2D eigenvalue weighted by molar-refractivity contribution is 7.15. The molecule has 1 N–H and O–H groups in total. The lowest BCUT2D eigenvalue weighted by atomic mass is 10.0. The Morgan fingerprint density at radius 2 is 2.32 bits per heavy atom. The van der Waals surface area contributed by atoms with Crippen LogP contribution in [-0.4, -0.2) is 25.1 Å². The van der Waals surface area contributed by atoms with Gasteiger partial charge >= 0.3 is 0 Å². The van der Waals surface area contributed by atoms with Crippen molar-refractivity contribution in [3.05, 3.63) is 10.6 Å². The zero-order valence-corrected chi connectivity index (χ0v) is 13.5. The molecule has 1 aromatic rings. The van der Waals surface area contributed by atoms with Crippen molar-refractivity contribution < 1.29 is 0 Å². The molecule has 108 valence electrons. The van der Waals surface area contributed by atoms with E-state index in [0.29, 0.717) is 5.92 Å². The highest BCUT2D eigenvalue weighted by Crippen LogP contribution is 2.33. The topological polar surface area (TPSA) is 28.2 Å². The van der Waals surface area contributed by atoms with Crippen LogP contribution in [0, 0.1) is 5.92 Å². The Bertz CT molecular complexity index is 402. The van der Waals surface area contributed by atoms with E-state index in [-0.39, 0.29) is 0 Å². The Hall–Kier alpha value is -0.610. The SMILES string of the molecule is CCC(C)c1nc(N2CCCC(C)C2)sc1CNC. The summed E-state index contributed by atoms with van der Waals surface area (Å²) in [6.07, 6.45) is 3.83. The maximum atomic E-state index is 4.96. The van der Waals surface area contributed by atoms with Crippen LogP contribution in [0.2, 0.25) is 0 Å². The molecule has 0 bridgehead atoms. The maximum Gasteiger partial charge on any atom is 0.185 e. The van der Waals surface area contributed by atoms with Crippen molar-refractivity contribution in [3.8, 4) is 0 Å². The van der Waals surface area contributed by atoms with Gasteiger partial charge in [0.25, 0.3) is 0 Å². The molecule has 0 amide bonds. The predicted molar refractivity (Wildman–Crippen MR) is 84.2 cm³/mol. The Labute approximate surface area is 121 Å². The molecule has 0 radical (unpaired) electrons. The molecule has 19 heavy (non-hydrogen) atoms. The fourth-order valence-corrected chi connectivity index (χ4v) is 3.94. The zero-order chi connectivity index (χ0) is 13.8. The Morgan fingerprint density at radius 3 is 2.95 bits per heavy atom. The molecule has 1 aliphatic heterocycles. The molecule has 3 nitrogen and oxygen atoms in total. The fourth-order valence-electron chi connectivity index (χ4n) is 2.71. The van der Waals surface area contributed by atoms with Gasteiger partial charge in [0, 0.05) is 24.5 Å². The number of thiazole rings is 1. The third kappa shape index (κ3) is 3.48. The van der Waals surface area contributed by atoms with Gasteiger partial charge in [-0.1, -0.05) is 20.8 Å². The van der Waals surface area contributed by atoms with Crippen molar-refractivity contribution in [1.29, 1.82) is 0 Å². The second-order valence-electron chi connectivity index (χ2n) is 5.84. The molecule has 0 spiro atoms. The standard InChI is InChI=1S/C15H27N3S/c1-5-12(3)14-13(9-16-4)19-15(17-14)18-8-6-7-11(2)10-18/h11-12,16H,5-10H2,1-4H3. The Kier molecular flexibility index (Phi) is 5.22. The van der Waals surface area contributed by atoms with Crippen LogP contribution in [0.15, 0.2) is 0 Å². The molecule has 0 aliphatic carbocycles. The second kappa shape index (κ2) is 6.71. The molecule has 2 atom stereocenters. The van der Waals surface area contributed by atoms with E-state index in [9.17, 15) is 0 Å². The number of nitrogens with zero attached hydrogens (tertiary/aromatic N) is 2. The van der Waals surface area contributed by atoms with E-state index in [0.717, 1.165) is 18.9 Å². The van der Waals surface area contributed by atoms with Crippen LogP contribution >= 0.6 is 11.3 Å². The highest BCUT2D eigenvalue weighted by atomic mass is 32.1. The first-order chi connectivity index (χ1) is 9.15. The minimum atomic E-state index is 0.565. The minimum Gasteiger partial charge on any atom is -0.348 e. The molecular weight excluding hydrogens is 254 g/mol. The Morgan fingerprint density at radius 1 is 1.53 bits per heavy atom. The molecule has 2 unspecified atom stereocenters.